The Kier molecular flexibility index (Phi) is 6.16. The van der Waals surface area contributed by atoms with Gasteiger partial charge in [-0.05, 0) is 26.0 Å². The number of aliphatic carboxylic acids is 1. The highest BCUT2D eigenvalue weighted by atomic mass is 32.1. The molecule has 1 aromatic rings. The number of carbonyl (C=O) groups is 3. The van der Waals surface area contributed by atoms with Gasteiger partial charge in [0.25, 0.3) is 0 Å². The van der Waals surface area contributed by atoms with Crippen molar-refractivity contribution in [1.29, 1.82) is 0 Å². The molecule has 1 heterocycles. The smallest absolute Gasteiger partial charge is 0.323 e. The summed E-state index contributed by atoms with van der Waals surface area (Å²) in [4.78, 5) is 36.7. The van der Waals surface area contributed by atoms with E-state index in [1.807, 2.05) is 26.0 Å². The van der Waals surface area contributed by atoms with Crippen molar-refractivity contribution in [3.63, 3.8) is 0 Å². The number of rotatable bonds is 7. The summed E-state index contributed by atoms with van der Waals surface area (Å²) in [7, 11) is 0. The molecular weight excluding hydrogens is 294 g/mol. The Hall–Kier alpha value is -2.09. The molecule has 0 saturated heterocycles. The van der Waals surface area contributed by atoms with E-state index in [0.29, 0.717) is 6.42 Å². The monoisotopic (exact) mass is 313 g/mol. The summed E-state index contributed by atoms with van der Waals surface area (Å²) in [6.45, 7) is 2.82. The first-order chi connectivity index (χ1) is 9.77. The van der Waals surface area contributed by atoms with Gasteiger partial charge in [0.1, 0.15) is 13.1 Å². The predicted molar refractivity (Wildman–Crippen MR) is 79.2 cm³/mol. The molecule has 0 aliphatic carbocycles. The SMILES string of the molecule is Cc1ccc(CC(C)NC(=O)N(CC(N)=O)CC(=O)O)s1. The number of primary amides is 1. The molecule has 0 fully saturated rings. The molecule has 0 aliphatic heterocycles. The summed E-state index contributed by atoms with van der Waals surface area (Å²) < 4.78 is 0. The number of urea groups is 1. The van der Waals surface area contributed by atoms with E-state index in [1.54, 1.807) is 11.3 Å². The van der Waals surface area contributed by atoms with Crippen LogP contribution in [-0.4, -0.2) is 47.0 Å². The molecule has 4 N–H and O–H groups in total. The van der Waals surface area contributed by atoms with Crippen LogP contribution in [0.4, 0.5) is 4.79 Å². The molecule has 3 amide bonds. The van der Waals surface area contributed by atoms with Crippen LogP contribution in [-0.2, 0) is 16.0 Å². The quantitative estimate of drug-likeness (QED) is 0.683. The van der Waals surface area contributed by atoms with Crippen LogP contribution >= 0.6 is 11.3 Å². The van der Waals surface area contributed by atoms with Crippen LogP contribution in [0.15, 0.2) is 12.1 Å². The highest BCUT2D eigenvalue weighted by Crippen LogP contribution is 2.16. The number of hydrogen-bond acceptors (Lipinski definition) is 4. The molecule has 1 rings (SSSR count). The predicted octanol–water partition coefficient (Wildman–Crippen LogP) is 0.569. The van der Waals surface area contributed by atoms with Crippen molar-refractivity contribution in [2.24, 2.45) is 5.73 Å². The van der Waals surface area contributed by atoms with Crippen molar-refractivity contribution in [2.75, 3.05) is 13.1 Å². The molecular formula is C13H19N3O4S. The third-order valence-corrected chi connectivity index (χ3v) is 3.66. The summed E-state index contributed by atoms with van der Waals surface area (Å²) in [6.07, 6.45) is 0.641. The van der Waals surface area contributed by atoms with E-state index in [9.17, 15) is 14.4 Å². The van der Waals surface area contributed by atoms with Crippen LogP contribution in [0.25, 0.3) is 0 Å². The molecule has 0 aliphatic rings. The van der Waals surface area contributed by atoms with Crippen molar-refractivity contribution in [3.05, 3.63) is 21.9 Å². The van der Waals surface area contributed by atoms with E-state index in [0.717, 1.165) is 9.78 Å². The second kappa shape index (κ2) is 7.63. The number of thiophene rings is 1. The zero-order valence-electron chi connectivity index (χ0n) is 12.0. The second-order valence-corrected chi connectivity index (χ2v) is 6.16. The van der Waals surface area contributed by atoms with Gasteiger partial charge in [0, 0.05) is 22.2 Å². The number of nitrogens with two attached hydrogens (primary N) is 1. The molecule has 1 atom stereocenters. The fourth-order valence-corrected chi connectivity index (χ4v) is 2.82. The number of carbonyl (C=O) groups excluding carboxylic acids is 2. The topological polar surface area (TPSA) is 113 Å². The first-order valence-electron chi connectivity index (χ1n) is 6.38. The van der Waals surface area contributed by atoms with Crippen molar-refractivity contribution in [2.45, 2.75) is 26.3 Å². The maximum absolute atomic E-state index is 12.0. The molecule has 1 aromatic heterocycles. The number of carboxylic acid groups (broad SMARTS) is 1. The molecule has 0 bridgehead atoms. The van der Waals surface area contributed by atoms with E-state index in [1.165, 1.54) is 4.88 Å². The van der Waals surface area contributed by atoms with Crippen LogP contribution in [0.1, 0.15) is 16.7 Å². The zero-order chi connectivity index (χ0) is 16.0. The maximum atomic E-state index is 12.0. The highest BCUT2D eigenvalue weighted by molar-refractivity contribution is 7.11. The summed E-state index contributed by atoms with van der Waals surface area (Å²) in [5, 5.41) is 11.4. The standard InChI is InChI=1S/C13H19N3O4S/c1-8(5-10-4-3-9(2)21-10)15-13(20)16(6-11(14)17)7-12(18)19/h3-4,8H,5-7H2,1-2H3,(H2,14,17)(H,15,20)(H,18,19). The molecule has 0 spiro atoms. The lowest BCUT2D eigenvalue weighted by Gasteiger charge is -2.22. The van der Waals surface area contributed by atoms with Crippen LogP contribution in [0.5, 0.6) is 0 Å². The minimum absolute atomic E-state index is 0.181. The second-order valence-electron chi connectivity index (χ2n) is 4.78. The highest BCUT2D eigenvalue weighted by Gasteiger charge is 2.20. The van der Waals surface area contributed by atoms with Gasteiger partial charge in [-0.15, -0.1) is 11.3 Å². The lowest BCUT2D eigenvalue weighted by Crippen LogP contribution is -2.49. The molecule has 0 radical (unpaired) electrons. The normalized spacial score (nSPS) is 11.7. The lowest BCUT2D eigenvalue weighted by atomic mass is 10.2. The average molecular weight is 313 g/mol. The number of nitrogens with one attached hydrogen (secondary N) is 1. The third kappa shape index (κ3) is 6.26. The Morgan fingerprint density at radius 2 is 2.05 bits per heavy atom. The van der Waals surface area contributed by atoms with Gasteiger partial charge in [-0.2, -0.15) is 0 Å². The van der Waals surface area contributed by atoms with Gasteiger partial charge in [-0.25, -0.2) is 4.79 Å². The number of hydrogen-bond donors (Lipinski definition) is 3. The Bertz CT molecular complexity index is 513. The van der Waals surface area contributed by atoms with Gasteiger partial charge in [0.2, 0.25) is 5.91 Å². The zero-order valence-corrected chi connectivity index (χ0v) is 12.8. The van der Waals surface area contributed by atoms with Gasteiger partial charge in [0.15, 0.2) is 0 Å². The van der Waals surface area contributed by atoms with Crippen LogP contribution < -0.4 is 11.1 Å². The largest absolute Gasteiger partial charge is 0.480 e. The van der Waals surface area contributed by atoms with Gasteiger partial charge < -0.3 is 21.1 Å². The van der Waals surface area contributed by atoms with Crippen molar-refractivity contribution < 1.29 is 19.5 Å². The summed E-state index contributed by atoms with van der Waals surface area (Å²) in [5.41, 5.74) is 5.01. The van der Waals surface area contributed by atoms with Gasteiger partial charge in [0.05, 0.1) is 0 Å². The molecule has 8 heteroatoms. The molecule has 1 unspecified atom stereocenters. The van der Waals surface area contributed by atoms with Crippen molar-refractivity contribution in [1.82, 2.24) is 10.2 Å². The number of amides is 3. The van der Waals surface area contributed by atoms with Gasteiger partial charge >= 0.3 is 12.0 Å². The fraction of sp³-hybridized carbons (Fsp3) is 0.462. The van der Waals surface area contributed by atoms with Gasteiger partial charge in [-0.1, -0.05) is 0 Å². The molecule has 21 heavy (non-hydrogen) atoms. The average Bonchev–Trinajstić information content (AvgIpc) is 2.72. The van der Waals surface area contributed by atoms with E-state index in [4.69, 9.17) is 10.8 Å². The van der Waals surface area contributed by atoms with Crippen LogP contribution in [0.3, 0.4) is 0 Å². The Balaban J connectivity index is 2.58. The summed E-state index contributed by atoms with van der Waals surface area (Å²) in [6, 6.07) is 3.19. The van der Waals surface area contributed by atoms with E-state index >= 15 is 0 Å². The van der Waals surface area contributed by atoms with E-state index in [2.05, 4.69) is 5.32 Å². The van der Waals surface area contributed by atoms with E-state index in [-0.39, 0.29) is 6.04 Å². The number of nitrogens with zero attached hydrogens (tertiary/aromatic N) is 1. The molecule has 116 valence electrons. The first kappa shape index (κ1) is 17.0. The minimum Gasteiger partial charge on any atom is -0.480 e. The van der Waals surface area contributed by atoms with Crippen LogP contribution in [0, 0.1) is 6.92 Å². The Morgan fingerprint density at radius 1 is 1.38 bits per heavy atom. The summed E-state index contributed by atoms with van der Waals surface area (Å²) in [5.74, 6) is -1.96. The summed E-state index contributed by atoms with van der Waals surface area (Å²) >= 11 is 1.64. The third-order valence-electron chi connectivity index (χ3n) is 2.63. The molecule has 7 nitrogen and oxygen atoms in total. The van der Waals surface area contributed by atoms with E-state index < -0.39 is 31.0 Å². The molecule has 0 aromatic carbocycles. The number of aryl methyl sites for hydroxylation is 1. The van der Waals surface area contributed by atoms with Gasteiger partial charge in [-0.3, -0.25) is 9.59 Å². The maximum Gasteiger partial charge on any atom is 0.323 e. The Labute approximate surface area is 126 Å². The number of carboxylic acids is 1. The minimum atomic E-state index is -1.20. The van der Waals surface area contributed by atoms with Crippen molar-refractivity contribution >= 4 is 29.2 Å². The Morgan fingerprint density at radius 3 is 2.52 bits per heavy atom. The molecule has 0 saturated carbocycles. The first-order valence-corrected chi connectivity index (χ1v) is 7.20. The van der Waals surface area contributed by atoms with Crippen LogP contribution in [0.2, 0.25) is 0 Å². The van der Waals surface area contributed by atoms with Crippen molar-refractivity contribution in [3.8, 4) is 0 Å². The lowest BCUT2D eigenvalue weighted by molar-refractivity contribution is -0.137. The fourth-order valence-electron chi connectivity index (χ4n) is 1.80.